The molecule has 3 rings (SSSR count). The molecule has 1 aliphatic rings. The van der Waals surface area contributed by atoms with Gasteiger partial charge in [0.15, 0.2) is 0 Å². The standard InChI is InChI=1S/C16H24N4/c1-12-6-5-9-20-11-14(18-16(12)20)10-19-8-4-3-7-15(19)13(2)17/h5-6,9,11,13,15H,3-4,7-8,10,17H2,1-2H3. The van der Waals surface area contributed by atoms with E-state index in [1.165, 1.54) is 24.8 Å². The Labute approximate surface area is 120 Å². The number of fused-ring (bicyclic) bond motifs is 1. The molecule has 0 saturated carbocycles. The fraction of sp³-hybridized carbons (Fsp3) is 0.562. The number of hydrogen-bond donors (Lipinski definition) is 1. The highest BCUT2D eigenvalue weighted by molar-refractivity contribution is 5.47. The van der Waals surface area contributed by atoms with Crippen LogP contribution in [0.1, 0.15) is 37.4 Å². The summed E-state index contributed by atoms with van der Waals surface area (Å²) < 4.78 is 2.12. The van der Waals surface area contributed by atoms with Gasteiger partial charge in [0.2, 0.25) is 0 Å². The quantitative estimate of drug-likeness (QED) is 0.933. The topological polar surface area (TPSA) is 46.6 Å². The number of aryl methyl sites for hydroxylation is 1. The molecule has 20 heavy (non-hydrogen) atoms. The number of aromatic nitrogens is 2. The molecule has 0 amide bonds. The van der Waals surface area contributed by atoms with Crippen LogP contribution in [0.25, 0.3) is 5.65 Å². The van der Waals surface area contributed by atoms with E-state index in [0.717, 1.165) is 24.4 Å². The van der Waals surface area contributed by atoms with E-state index >= 15 is 0 Å². The Morgan fingerprint density at radius 2 is 2.30 bits per heavy atom. The first-order valence-corrected chi connectivity index (χ1v) is 7.58. The fourth-order valence-electron chi connectivity index (χ4n) is 3.30. The molecule has 2 N–H and O–H groups in total. The van der Waals surface area contributed by atoms with E-state index in [4.69, 9.17) is 10.7 Å². The van der Waals surface area contributed by atoms with Crippen LogP contribution in [-0.4, -0.2) is 32.9 Å². The number of rotatable bonds is 3. The van der Waals surface area contributed by atoms with Gasteiger partial charge < -0.3 is 10.1 Å². The highest BCUT2D eigenvalue weighted by atomic mass is 15.2. The van der Waals surface area contributed by atoms with Gasteiger partial charge in [0.05, 0.1) is 5.69 Å². The zero-order valence-corrected chi connectivity index (χ0v) is 12.4. The molecule has 0 radical (unpaired) electrons. The van der Waals surface area contributed by atoms with Gasteiger partial charge in [-0.05, 0) is 44.9 Å². The predicted octanol–water partition coefficient (Wildman–Crippen LogP) is 2.34. The van der Waals surface area contributed by atoms with Gasteiger partial charge in [-0.15, -0.1) is 0 Å². The molecule has 2 atom stereocenters. The monoisotopic (exact) mass is 272 g/mol. The van der Waals surface area contributed by atoms with E-state index in [1.807, 2.05) is 0 Å². The second kappa shape index (κ2) is 5.54. The van der Waals surface area contributed by atoms with Gasteiger partial charge in [-0.25, -0.2) is 4.98 Å². The summed E-state index contributed by atoms with van der Waals surface area (Å²) in [5.41, 5.74) is 9.58. The van der Waals surface area contributed by atoms with E-state index in [-0.39, 0.29) is 6.04 Å². The van der Waals surface area contributed by atoms with Crippen molar-refractivity contribution in [3.05, 3.63) is 35.8 Å². The van der Waals surface area contributed by atoms with Crippen LogP contribution in [0.3, 0.4) is 0 Å². The minimum atomic E-state index is 0.231. The van der Waals surface area contributed by atoms with E-state index in [0.29, 0.717) is 6.04 Å². The molecule has 2 aromatic heterocycles. The molecule has 4 nitrogen and oxygen atoms in total. The van der Waals surface area contributed by atoms with Crippen molar-refractivity contribution in [2.75, 3.05) is 6.54 Å². The first-order chi connectivity index (χ1) is 9.65. The summed E-state index contributed by atoms with van der Waals surface area (Å²) in [7, 11) is 0. The zero-order chi connectivity index (χ0) is 14.1. The Balaban J connectivity index is 1.82. The second-order valence-corrected chi connectivity index (χ2v) is 6.05. The van der Waals surface area contributed by atoms with Crippen molar-refractivity contribution in [1.29, 1.82) is 0 Å². The highest BCUT2D eigenvalue weighted by Gasteiger charge is 2.25. The average molecular weight is 272 g/mol. The van der Waals surface area contributed by atoms with E-state index in [9.17, 15) is 0 Å². The molecule has 2 aromatic rings. The molecule has 3 heterocycles. The Morgan fingerprint density at radius 1 is 1.45 bits per heavy atom. The van der Waals surface area contributed by atoms with Crippen molar-refractivity contribution in [1.82, 2.24) is 14.3 Å². The summed E-state index contributed by atoms with van der Waals surface area (Å²) >= 11 is 0. The number of nitrogens with zero attached hydrogens (tertiary/aromatic N) is 3. The van der Waals surface area contributed by atoms with E-state index < -0.39 is 0 Å². The van der Waals surface area contributed by atoms with Crippen LogP contribution in [0.4, 0.5) is 0 Å². The summed E-state index contributed by atoms with van der Waals surface area (Å²) in [5.74, 6) is 0. The number of imidazole rings is 1. The van der Waals surface area contributed by atoms with Crippen molar-refractivity contribution in [3.8, 4) is 0 Å². The summed E-state index contributed by atoms with van der Waals surface area (Å²) in [4.78, 5) is 7.29. The molecule has 1 aliphatic heterocycles. The molecule has 0 aliphatic carbocycles. The van der Waals surface area contributed by atoms with Crippen molar-refractivity contribution in [2.24, 2.45) is 5.73 Å². The molecule has 0 spiro atoms. The van der Waals surface area contributed by atoms with Gasteiger partial charge in [-0.3, -0.25) is 4.90 Å². The summed E-state index contributed by atoms with van der Waals surface area (Å²) in [5, 5.41) is 0. The first kappa shape index (κ1) is 13.6. The molecule has 2 unspecified atom stereocenters. The Bertz CT molecular complexity index is 587. The van der Waals surface area contributed by atoms with Crippen LogP contribution in [0.5, 0.6) is 0 Å². The summed E-state index contributed by atoms with van der Waals surface area (Å²) in [6, 6.07) is 4.90. The van der Waals surface area contributed by atoms with Gasteiger partial charge >= 0.3 is 0 Å². The summed E-state index contributed by atoms with van der Waals surface area (Å²) in [6.07, 6.45) is 8.00. The van der Waals surface area contributed by atoms with Gasteiger partial charge in [0, 0.05) is 31.0 Å². The van der Waals surface area contributed by atoms with Gasteiger partial charge in [-0.2, -0.15) is 0 Å². The molecular weight excluding hydrogens is 248 g/mol. The Morgan fingerprint density at radius 3 is 3.05 bits per heavy atom. The van der Waals surface area contributed by atoms with Crippen LogP contribution in [0.15, 0.2) is 24.5 Å². The SMILES string of the molecule is Cc1cccn2cc(CN3CCCCC3C(C)N)nc12. The lowest BCUT2D eigenvalue weighted by atomic mass is 9.97. The maximum atomic E-state index is 6.14. The smallest absolute Gasteiger partial charge is 0.139 e. The minimum Gasteiger partial charge on any atom is -0.327 e. The number of pyridine rings is 1. The van der Waals surface area contributed by atoms with Crippen LogP contribution in [0.2, 0.25) is 0 Å². The van der Waals surface area contributed by atoms with Crippen LogP contribution < -0.4 is 5.73 Å². The molecule has 1 saturated heterocycles. The third-order valence-corrected chi connectivity index (χ3v) is 4.36. The largest absolute Gasteiger partial charge is 0.327 e. The van der Waals surface area contributed by atoms with Crippen LogP contribution in [-0.2, 0) is 6.54 Å². The van der Waals surface area contributed by atoms with Crippen molar-refractivity contribution >= 4 is 5.65 Å². The number of nitrogens with two attached hydrogens (primary N) is 1. The zero-order valence-electron chi connectivity index (χ0n) is 12.4. The highest BCUT2D eigenvalue weighted by Crippen LogP contribution is 2.21. The number of piperidine rings is 1. The van der Waals surface area contributed by atoms with E-state index in [1.54, 1.807) is 0 Å². The molecular formula is C16H24N4. The van der Waals surface area contributed by atoms with Gasteiger partial charge in [-0.1, -0.05) is 12.5 Å². The first-order valence-electron chi connectivity index (χ1n) is 7.58. The maximum absolute atomic E-state index is 6.14. The van der Waals surface area contributed by atoms with Crippen molar-refractivity contribution in [3.63, 3.8) is 0 Å². The van der Waals surface area contributed by atoms with Gasteiger partial charge in [0.1, 0.15) is 5.65 Å². The van der Waals surface area contributed by atoms with E-state index in [2.05, 4.69) is 47.7 Å². The lowest BCUT2D eigenvalue weighted by molar-refractivity contribution is 0.121. The predicted molar refractivity (Wildman–Crippen MR) is 81.6 cm³/mol. The molecule has 4 heteroatoms. The second-order valence-electron chi connectivity index (χ2n) is 6.05. The molecule has 1 fully saturated rings. The molecule has 0 bridgehead atoms. The maximum Gasteiger partial charge on any atom is 0.139 e. The minimum absolute atomic E-state index is 0.231. The Hall–Kier alpha value is -1.39. The third-order valence-electron chi connectivity index (χ3n) is 4.36. The fourth-order valence-corrected chi connectivity index (χ4v) is 3.30. The molecule has 0 aromatic carbocycles. The van der Waals surface area contributed by atoms with Crippen molar-refractivity contribution < 1.29 is 0 Å². The summed E-state index contributed by atoms with van der Waals surface area (Å²) in [6.45, 7) is 6.28. The van der Waals surface area contributed by atoms with Crippen LogP contribution in [0, 0.1) is 6.92 Å². The average Bonchev–Trinajstić information content (AvgIpc) is 2.83. The van der Waals surface area contributed by atoms with Gasteiger partial charge in [0.25, 0.3) is 0 Å². The third kappa shape index (κ3) is 2.58. The number of hydrogen-bond acceptors (Lipinski definition) is 3. The van der Waals surface area contributed by atoms with Crippen LogP contribution >= 0.6 is 0 Å². The molecule has 108 valence electrons. The lowest BCUT2D eigenvalue weighted by Crippen LogP contribution is -2.48. The lowest BCUT2D eigenvalue weighted by Gasteiger charge is -2.37. The number of likely N-dealkylation sites (tertiary alicyclic amines) is 1. The normalized spacial score (nSPS) is 22.2. The Kier molecular flexibility index (Phi) is 3.76. The van der Waals surface area contributed by atoms with Crippen molar-refractivity contribution in [2.45, 2.75) is 51.7 Å².